The van der Waals surface area contributed by atoms with E-state index in [-0.39, 0.29) is 0 Å². The Morgan fingerprint density at radius 1 is 0.667 bits per heavy atom. The van der Waals surface area contributed by atoms with Crippen molar-refractivity contribution in [1.82, 2.24) is 0 Å². The molecule has 0 fully saturated rings. The summed E-state index contributed by atoms with van der Waals surface area (Å²) in [5.74, 6) is 0. The minimum atomic E-state index is 1.09. The molecule has 0 N–H and O–H groups in total. The fourth-order valence-corrected chi connectivity index (χ4v) is 0.817. The number of rotatable bonds is 0. The quantitative estimate of drug-likeness (QED) is 0.431. The van der Waals surface area contributed by atoms with Crippen molar-refractivity contribution in [2.24, 2.45) is 0 Å². The monoisotopic (exact) mass is 120 g/mol. The zero-order valence-electron chi connectivity index (χ0n) is 5.59. The van der Waals surface area contributed by atoms with Crippen molar-refractivity contribution in [3.63, 3.8) is 0 Å². The van der Waals surface area contributed by atoms with E-state index in [1.54, 1.807) is 0 Å². The molecule has 0 aliphatic heterocycles. The Labute approximate surface area is 56.6 Å². The van der Waals surface area contributed by atoms with E-state index in [0.29, 0.717) is 0 Å². The summed E-state index contributed by atoms with van der Waals surface area (Å²) in [5, 5.41) is 0. The van der Waals surface area contributed by atoms with Crippen molar-refractivity contribution in [3.8, 4) is 0 Å². The molecule has 1 rings (SSSR count). The van der Waals surface area contributed by atoms with Crippen LogP contribution in [-0.2, 0) is 0 Å². The summed E-state index contributed by atoms with van der Waals surface area (Å²) < 4.78 is 0. The van der Waals surface area contributed by atoms with Crippen LogP contribution in [0.4, 0.5) is 0 Å². The highest BCUT2D eigenvalue weighted by Gasteiger charge is 1.77. The van der Waals surface area contributed by atoms with Crippen molar-refractivity contribution in [3.05, 3.63) is 36.5 Å². The van der Waals surface area contributed by atoms with Crippen molar-refractivity contribution in [2.45, 2.75) is 19.3 Å². The molecular weight excluding hydrogens is 108 g/mol. The fraction of sp³-hybridized carbons (Fsp3) is 0.333. The lowest BCUT2D eigenvalue weighted by molar-refractivity contribution is 1.05. The molecule has 0 heteroatoms. The molecule has 48 valence electrons. The van der Waals surface area contributed by atoms with Gasteiger partial charge in [-0.2, -0.15) is 0 Å². The number of hydrogen-bond acceptors (Lipinski definition) is 0. The van der Waals surface area contributed by atoms with Crippen LogP contribution in [0.15, 0.2) is 36.5 Å². The van der Waals surface area contributed by atoms with Crippen LogP contribution in [0.3, 0.4) is 0 Å². The molecule has 0 nitrogen and oxygen atoms in total. The van der Waals surface area contributed by atoms with Gasteiger partial charge < -0.3 is 0 Å². The molecule has 0 heterocycles. The summed E-state index contributed by atoms with van der Waals surface area (Å²) in [6, 6.07) is 0. The van der Waals surface area contributed by atoms with Gasteiger partial charge in [0.2, 0.25) is 0 Å². The summed E-state index contributed by atoms with van der Waals surface area (Å²) >= 11 is 0. The first-order chi connectivity index (χ1) is 4.50. The molecule has 0 radical (unpaired) electrons. The van der Waals surface area contributed by atoms with E-state index in [0.717, 1.165) is 6.42 Å². The van der Waals surface area contributed by atoms with Gasteiger partial charge in [-0.1, -0.05) is 36.5 Å². The van der Waals surface area contributed by atoms with Gasteiger partial charge in [-0.25, -0.2) is 0 Å². The average Bonchev–Trinajstić information content (AvgIpc) is 2.00. The zero-order chi connectivity index (χ0) is 6.36. The average molecular weight is 120 g/mol. The summed E-state index contributed by atoms with van der Waals surface area (Å²) in [6.45, 7) is 0. The van der Waals surface area contributed by atoms with Crippen LogP contribution in [0.5, 0.6) is 0 Å². The third kappa shape index (κ3) is 2.91. The van der Waals surface area contributed by atoms with E-state index in [1.165, 1.54) is 12.8 Å². The molecule has 0 aromatic rings. The Bertz CT molecular complexity index is 138. The molecule has 9 heavy (non-hydrogen) atoms. The van der Waals surface area contributed by atoms with Crippen LogP contribution in [0, 0.1) is 0 Å². The first-order valence-corrected chi connectivity index (χ1v) is 3.47. The van der Waals surface area contributed by atoms with Gasteiger partial charge in [0.15, 0.2) is 0 Å². The lowest BCUT2D eigenvalue weighted by atomic mass is 10.3. The topological polar surface area (TPSA) is 0 Å². The van der Waals surface area contributed by atoms with Gasteiger partial charge in [0.05, 0.1) is 0 Å². The number of hydrogen-bond donors (Lipinski definition) is 0. The molecule has 0 bridgehead atoms. The van der Waals surface area contributed by atoms with Gasteiger partial charge >= 0.3 is 0 Å². The summed E-state index contributed by atoms with van der Waals surface area (Å²) in [6.07, 6.45) is 16.5. The van der Waals surface area contributed by atoms with Crippen LogP contribution in [0.25, 0.3) is 0 Å². The Morgan fingerprint density at radius 3 is 2.44 bits per heavy atom. The molecule has 1 aliphatic carbocycles. The minimum Gasteiger partial charge on any atom is -0.0879 e. The minimum absolute atomic E-state index is 1.09. The summed E-state index contributed by atoms with van der Waals surface area (Å²) in [4.78, 5) is 0. The van der Waals surface area contributed by atoms with Crippen LogP contribution in [0.2, 0.25) is 0 Å². The smallest absolute Gasteiger partial charge is 0.0166 e. The fourth-order valence-electron chi connectivity index (χ4n) is 0.817. The van der Waals surface area contributed by atoms with Gasteiger partial charge in [-0.3, -0.25) is 0 Å². The van der Waals surface area contributed by atoms with E-state index in [9.17, 15) is 0 Å². The molecular formula is C9H12. The van der Waals surface area contributed by atoms with Crippen LogP contribution in [-0.4, -0.2) is 0 Å². The Kier molecular flexibility index (Phi) is 2.91. The molecule has 0 atom stereocenters. The molecule has 0 unspecified atom stereocenters. The molecule has 0 saturated heterocycles. The van der Waals surface area contributed by atoms with Crippen molar-refractivity contribution in [1.29, 1.82) is 0 Å². The van der Waals surface area contributed by atoms with Crippen LogP contribution in [0.1, 0.15) is 19.3 Å². The molecule has 0 amide bonds. The van der Waals surface area contributed by atoms with E-state index in [2.05, 4.69) is 36.5 Å². The second-order valence-electron chi connectivity index (χ2n) is 2.14. The number of allylic oxidation sites excluding steroid dienone is 6. The molecule has 0 spiro atoms. The van der Waals surface area contributed by atoms with E-state index >= 15 is 0 Å². The highest BCUT2D eigenvalue weighted by Crippen LogP contribution is 1.98. The van der Waals surface area contributed by atoms with E-state index in [4.69, 9.17) is 0 Å². The van der Waals surface area contributed by atoms with Gasteiger partial charge in [0.1, 0.15) is 0 Å². The highest BCUT2D eigenvalue weighted by molar-refractivity contribution is 5.06. The van der Waals surface area contributed by atoms with Crippen LogP contribution >= 0.6 is 0 Å². The Hall–Kier alpha value is -0.780. The highest BCUT2D eigenvalue weighted by atomic mass is 13.8. The van der Waals surface area contributed by atoms with Gasteiger partial charge in [0.25, 0.3) is 0 Å². The lowest BCUT2D eigenvalue weighted by Gasteiger charge is -1.81. The molecule has 0 saturated carbocycles. The van der Waals surface area contributed by atoms with Crippen molar-refractivity contribution < 1.29 is 0 Å². The van der Waals surface area contributed by atoms with Crippen LogP contribution < -0.4 is 0 Å². The normalized spacial score (nSPS) is 22.2. The predicted octanol–water partition coefficient (Wildman–Crippen LogP) is 2.84. The van der Waals surface area contributed by atoms with Gasteiger partial charge in [-0.15, -0.1) is 0 Å². The van der Waals surface area contributed by atoms with E-state index in [1.807, 2.05) is 0 Å². The Balaban J connectivity index is 2.43. The summed E-state index contributed by atoms with van der Waals surface area (Å²) in [5.41, 5.74) is 0. The molecule has 1 aliphatic rings. The standard InChI is InChI=1S/C9H12/c1-2-4-6-8-9-7-5-3-1/h1-4,7,9H,5-6,8H2/b3-1?,4-2?,9-7-. The molecule has 0 aromatic heterocycles. The maximum Gasteiger partial charge on any atom is -0.0166 e. The summed E-state index contributed by atoms with van der Waals surface area (Å²) in [7, 11) is 0. The first-order valence-electron chi connectivity index (χ1n) is 3.47. The molecule has 0 aromatic carbocycles. The lowest BCUT2D eigenvalue weighted by Crippen LogP contribution is -1.61. The maximum absolute atomic E-state index is 2.24. The van der Waals surface area contributed by atoms with E-state index < -0.39 is 0 Å². The largest absolute Gasteiger partial charge is 0.0879 e. The SMILES string of the molecule is C1=CC/C=C\CCC=C1. The maximum atomic E-state index is 2.24. The zero-order valence-corrected chi connectivity index (χ0v) is 5.59. The first kappa shape index (κ1) is 6.34. The van der Waals surface area contributed by atoms with Crippen molar-refractivity contribution in [2.75, 3.05) is 0 Å². The van der Waals surface area contributed by atoms with Crippen molar-refractivity contribution >= 4 is 0 Å². The third-order valence-electron chi connectivity index (χ3n) is 1.32. The van der Waals surface area contributed by atoms with Gasteiger partial charge in [0, 0.05) is 0 Å². The predicted molar refractivity (Wildman–Crippen MR) is 41.3 cm³/mol. The van der Waals surface area contributed by atoms with Gasteiger partial charge in [-0.05, 0) is 19.3 Å². The second kappa shape index (κ2) is 4.13. The second-order valence-corrected chi connectivity index (χ2v) is 2.14. The Morgan fingerprint density at radius 2 is 1.44 bits per heavy atom. The third-order valence-corrected chi connectivity index (χ3v) is 1.32.